The lowest BCUT2D eigenvalue weighted by molar-refractivity contribution is -0.274. The van der Waals surface area contributed by atoms with Crippen LogP contribution in [-0.4, -0.2) is 38.5 Å². The van der Waals surface area contributed by atoms with Crippen LogP contribution in [0, 0.1) is 5.92 Å². The Morgan fingerprint density at radius 2 is 1.57 bits per heavy atom. The average Bonchev–Trinajstić information content (AvgIpc) is 3.43. The first-order valence-corrected chi connectivity index (χ1v) is 15.0. The Morgan fingerprint density at radius 3 is 2.11 bits per heavy atom. The maximum atomic E-state index is 14.0. The summed E-state index contributed by atoms with van der Waals surface area (Å²) in [7, 11) is 1.39. The normalized spacial score (nSPS) is 19.4. The van der Waals surface area contributed by atoms with Gasteiger partial charge in [-0.05, 0) is 72.9 Å². The van der Waals surface area contributed by atoms with Gasteiger partial charge in [-0.3, -0.25) is 4.79 Å². The van der Waals surface area contributed by atoms with E-state index in [1.165, 1.54) is 18.0 Å². The molecule has 2 heterocycles. The van der Waals surface area contributed by atoms with E-state index in [9.17, 15) is 44.3 Å². The molecule has 1 fully saturated rings. The third kappa shape index (κ3) is 7.75. The van der Waals surface area contributed by atoms with Crippen LogP contribution in [0.15, 0.2) is 36.4 Å². The minimum absolute atomic E-state index is 0.00689. The summed E-state index contributed by atoms with van der Waals surface area (Å²) < 4.78 is 127. The van der Waals surface area contributed by atoms with E-state index >= 15 is 0 Å². The second-order valence-electron chi connectivity index (χ2n) is 11.7. The van der Waals surface area contributed by atoms with E-state index in [0.717, 1.165) is 36.2 Å². The molecule has 1 aromatic heterocycles. The number of nitrogens with zero attached hydrogens (tertiary/aromatic N) is 6. The maximum Gasteiger partial charge on any atom is 0.573 e. The number of amides is 1. The summed E-state index contributed by atoms with van der Waals surface area (Å²) in [5.74, 6) is -1.32. The molecule has 1 amide bonds. The van der Waals surface area contributed by atoms with Crippen molar-refractivity contribution < 1.29 is 49.0 Å². The fraction of sp³-hybridized carbons (Fsp3) is 0.533. The Morgan fingerprint density at radius 1 is 0.936 bits per heavy atom. The molecular formula is C30H31F9N6O2. The zero-order chi connectivity index (χ0) is 34.3. The van der Waals surface area contributed by atoms with Crippen LogP contribution >= 0.6 is 0 Å². The van der Waals surface area contributed by atoms with Crippen molar-refractivity contribution in [2.45, 2.75) is 89.2 Å². The van der Waals surface area contributed by atoms with Crippen LogP contribution in [0.1, 0.15) is 80.2 Å². The molecule has 8 nitrogen and oxygen atoms in total. The molecule has 17 heteroatoms. The number of ether oxygens (including phenoxy) is 1. The summed E-state index contributed by atoms with van der Waals surface area (Å²) >= 11 is 0. The average molecular weight is 679 g/mol. The minimum Gasteiger partial charge on any atom is -0.406 e. The van der Waals surface area contributed by atoms with Gasteiger partial charge >= 0.3 is 18.7 Å². The number of halogens is 9. The van der Waals surface area contributed by atoms with Crippen molar-refractivity contribution in [3.8, 4) is 5.75 Å². The molecule has 0 spiro atoms. The van der Waals surface area contributed by atoms with Gasteiger partial charge in [0, 0.05) is 29.8 Å². The number of tetrazole rings is 1. The van der Waals surface area contributed by atoms with Crippen molar-refractivity contribution in [2.75, 3.05) is 9.80 Å². The fourth-order valence-electron chi connectivity index (χ4n) is 6.41. The summed E-state index contributed by atoms with van der Waals surface area (Å²) in [5.41, 5.74) is -3.08. The fourth-order valence-corrected chi connectivity index (χ4v) is 6.41. The third-order valence-electron chi connectivity index (χ3n) is 8.51. The quantitative estimate of drug-likeness (QED) is 0.236. The molecular weight excluding hydrogens is 647 g/mol. The van der Waals surface area contributed by atoms with Gasteiger partial charge in [0.2, 0.25) is 5.91 Å². The van der Waals surface area contributed by atoms with Crippen LogP contribution in [-0.2, 0) is 30.7 Å². The predicted octanol–water partition coefficient (Wildman–Crippen LogP) is 7.99. The zero-order valence-corrected chi connectivity index (χ0v) is 25.3. The van der Waals surface area contributed by atoms with Crippen LogP contribution in [0.3, 0.4) is 0 Å². The second kappa shape index (κ2) is 12.9. The molecule has 2 atom stereocenters. The van der Waals surface area contributed by atoms with Crippen molar-refractivity contribution in [2.24, 2.45) is 13.0 Å². The lowest BCUT2D eigenvalue weighted by Crippen LogP contribution is -2.50. The summed E-state index contributed by atoms with van der Waals surface area (Å²) in [6.45, 7) is 1.20. The number of hydrogen-bond acceptors (Lipinski definition) is 6. The molecule has 2 unspecified atom stereocenters. The number of carbonyl (C=O) groups excluding carboxylic acids is 1. The van der Waals surface area contributed by atoms with Gasteiger partial charge < -0.3 is 14.5 Å². The van der Waals surface area contributed by atoms with Crippen molar-refractivity contribution in [1.82, 2.24) is 20.2 Å². The number of aryl methyl sites for hydroxylation is 1. The molecule has 0 radical (unpaired) electrons. The molecule has 2 aliphatic rings. The molecule has 47 heavy (non-hydrogen) atoms. The summed E-state index contributed by atoms with van der Waals surface area (Å²) in [5, 5.41) is 11.9. The van der Waals surface area contributed by atoms with Crippen molar-refractivity contribution >= 4 is 17.5 Å². The van der Waals surface area contributed by atoms with Gasteiger partial charge in [-0.1, -0.05) is 31.3 Å². The van der Waals surface area contributed by atoms with Gasteiger partial charge in [-0.15, -0.1) is 18.3 Å². The van der Waals surface area contributed by atoms with E-state index in [-0.39, 0.29) is 41.5 Å². The van der Waals surface area contributed by atoms with Gasteiger partial charge in [0.1, 0.15) is 5.75 Å². The van der Waals surface area contributed by atoms with Crippen LogP contribution in [0.5, 0.6) is 5.75 Å². The number of carbonyl (C=O) groups is 1. The lowest BCUT2D eigenvalue weighted by atomic mass is 9.84. The third-order valence-corrected chi connectivity index (χ3v) is 8.51. The number of anilines is 2. The minimum atomic E-state index is -5.11. The molecule has 3 aromatic rings. The standard InChI is InChI=1S/C30H31F9N6O2/c1-3-21-14-25(23-15-22(47-30(37,38)39)9-10-24(23)45(21)26(46)18-7-5-4-6-8-18)44(27-40-42-43(2)41-27)16-17-11-19(28(31,32)33)13-20(12-17)29(34,35)36/h9-13,15,18,21,25H,3-8,14,16H2,1-2H3. The van der Waals surface area contributed by atoms with Gasteiger partial charge in [-0.25, -0.2) is 0 Å². The van der Waals surface area contributed by atoms with Crippen molar-refractivity contribution in [1.29, 1.82) is 0 Å². The zero-order valence-electron chi connectivity index (χ0n) is 25.3. The second-order valence-corrected chi connectivity index (χ2v) is 11.7. The lowest BCUT2D eigenvalue weighted by Gasteiger charge is -2.45. The highest BCUT2D eigenvalue weighted by molar-refractivity contribution is 5.97. The molecule has 0 saturated heterocycles. The molecule has 5 rings (SSSR count). The number of aromatic nitrogens is 4. The summed E-state index contributed by atoms with van der Waals surface area (Å²) in [4.78, 5) is 17.8. The smallest absolute Gasteiger partial charge is 0.406 e. The predicted molar refractivity (Wildman–Crippen MR) is 150 cm³/mol. The van der Waals surface area contributed by atoms with E-state index in [0.29, 0.717) is 31.4 Å². The van der Waals surface area contributed by atoms with E-state index in [4.69, 9.17) is 0 Å². The SMILES string of the molecule is CCC1CC(N(Cc2cc(C(F)(F)F)cc(C(F)(F)F)c2)c2nnn(C)n2)c2cc(OC(F)(F)F)ccc2N1C(=O)C1CCCCC1. The number of rotatable bonds is 7. The van der Waals surface area contributed by atoms with Gasteiger partial charge in [0.25, 0.3) is 5.95 Å². The van der Waals surface area contributed by atoms with Gasteiger partial charge in [0.05, 0.1) is 24.2 Å². The number of alkyl halides is 9. The van der Waals surface area contributed by atoms with Gasteiger partial charge in [-0.2, -0.15) is 31.1 Å². The summed E-state index contributed by atoms with van der Waals surface area (Å²) in [6, 6.07) is 3.07. The van der Waals surface area contributed by atoms with Crippen LogP contribution < -0.4 is 14.5 Å². The summed E-state index contributed by atoms with van der Waals surface area (Å²) in [6.07, 6.45) is -10.9. The van der Waals surface area contributed by atoms with Crippen LogP contribution in [0.2, 0.25) is 0 Å². The largest absolute Gasteiger partial charge is 0.573 e. The molecule has 256 valence electrons. The van der Waals surface area contributed by atoms with Crippen LogP contribution in [0.4, 0.5) is 51.1 Å². The number of hydrogen-bond donors (Lipinski definition) is 0. The Bertz CT molecular complexity index is 1550. The van der Waals surface area contributed by atoms with Crippen molar-refractivity contribution in [3.63, 3.8) is 0 Å². The molecule has 0 N–H and O–H groups in total. The first kappa shape index (κ1) is 34.3. The van der Waals surface area contributed by atoms with E-state index < -0.39 is 59.8 Å². The Hall–Kier alpha value is -4.05. The molecule has 1 saturated carbocycles. The first-order valence-electron chi connectivity index (χ1n) is 15.0. The number of fused-ring (bicyclic) bond motifs is 1. The van der Waals surface area contributed by atoms with Crippen LogP contribution in [0.25, 0.3) is 0 Å². The monoisotopic (exact) mass is 678 g/mol. The van der Waals surface area contributed by atoms with Crippen molar-refractivity contribution in [3.05, 3.63) is 58.7 Å². The maximum absolute atomic E-state index is 14.0. The Labute approximate surface area is 263 Å². The van der Waals surface area contributed by atoms with E-state index in [1.807, 2.05) is 6.92 Å². The topological polar surface area (TPSA) is 76.4 Å². The molecule has 1 aliphatic heterocycles. The Kier molecular flexibility index (Phi) is 9.38. The molecule has 1 aliphatic carbocycles. The molecule has 2 aromatic carbocycles. The van der Waals surface area contributed by atoms with E-state index in [2.05, 4.69) is 20.1 Å². The van der Waals surface area contributed by atoms with E-state index in [1.54, 1.807) is 4.90 Å². The van der Waals surface area contributed by atoms with Gasteiger partial charge in [0.15, 0.2) is 0 Å². The Balaban J connectivity index is 1.66. The highest BCUT2D eigenvalue weighted by atomic mass is 19.4. The number of benzene rings is 2. The molecule has 0 bridgehead atoms. The first-order chi connectivity index (χ1) is 21.9. The highest BCUT2D eigenvalue weighted by Crippen LogP contribution is 2.46. The highest BCUT2D eigenvalue weighted by Gasteiger charge is 2.43.